The Labute approximate surface area is 328 Å². The van der Waals surface area contributed by atoms with Crippen molar-refractivity contribution >= 4 is 11.4 Å². The van der Waals surface area contributed by atoms with Gasteiger partial charge in [-0.15, -0.1) is 0 Å². The highest BCUT2D eigenvalue weighted by molar-refractivity contribution is 5.47. The third-order valence-corrected chi connectivity index (χ3v) is 8.50. The lowest BCUT2D eigenvalue weighted by molar-refractivity contribution is 0.109. The van der Waals surface area contributed by atoms with Crippen molar-refractivity contribution in [2.24, 2.45) is 0 Å². The van der Waals surface area contributed by atoms with Crippen LogP contribution in [-0.2, 0) is 22.5 Å². The van der Waals surface area contributed by atoms with Gasteiger partial charge in [-0.25, -0.2) is 0 Å². The molecule has 304 valence electrons. The second-order valence-corrected chi connectivity index (χ2v) is 11.8. The zero-order valence-electron chi connectivity index (χ0n) is 35.1. The standard InChI is InChI=1S/2C18H25N3O2.4C2H6/c1-2-6-18(7-3-1)21-12-10-20(11-13-21)9-4-5-14-22-16-17-8-15-23-19-17;1-2-5-18(6-3-1)21-12-10-20(11-13-21)9-4-14-22-15-7-17-8-16-23-19-17;4*1-2/h1-3,6-8,15H,4-5,9-14,16H2;1-3,5-6,8,16H,4,7,9-15H2;4*1-2H3. The fourth-order valence-corrected chi connectivity index (χ4v) is 5.80. The fraction of sp³-hybridized carbons (Fsp3) is 0.591. The Morgan fingerprint density at radius 2 is 0.926 bits per heavy atom. The van der Waals surface area contributed by atoms with Crippen LogP contribution in [0.4, 0.5) is 11.4 Å². The van der Waals surface area contributed by atoms with E-state index in [-0.39, 0.29) is 0 Å². The summed E-state index contributed by atoms with van der Waals surface area (Å²) in [6.45, 7) is 30.2. The summed E-state index contributed by atoms with van der Waals surface area (Å²) in [5, 5.41) is 7.70. The summed E-state index contributed by atoms with van der Waals surface area (Å²) >= 11 is 0. The van der Waals surface area contributed by atoms with Gasteiger partial charge in [-0.1, -0.05) is 102 Å². The predicted molar refractivity (Wildman–Crippen MR) is 227 cm³/mol. The monoisotopic (exact) mass is 751 g/mol. The first kappa shape index (κ1) is 48.3. The Balaban J connectivity index is 0.000000456. The minimum atomic E-state index is 0.548. The molecule has 54 heavy (non-hydrogen) atoms. The van der Waals surface area contributed by atoms with Crippen LogP contribution in [0.15, 0.2) is 94.4 Å². The lowest BCUT2D eigenvalue weighted by Crippen LogP contribution is -2.46. The number of para-hydroxylation sites is 2. The van der Waals surface area contributed by atoms with Gasteiger partial charge in [0.15, 0.2) is 0 Å². The molecule has 2 saturated heterocycles. The summed E-state index contributed by atoms with van der Waals surface area (Å²) < 4.78 is 20.8. The maximum Gasteiger partial charge on any atom is 0.124 e. The number of piperazine rings is 2. The second kappa shape index (κ2) is 33.8. The van der Waals surface area contributed by atoms with Crippen LogP contribution in [0.1, 0.15) is 86.0 Å². The molecule has 10 nitrogen and oxygen atoms in total. The molecule has 0 unspecified atom stereocenters. The summed E-state index contributed by atoms with van der Waals surface area (Å²) in [5.74, 6) is 0. The number of rotatable bonds is 16. The van der Waals surface area contributed by atoms with Crippen LogP contribution < -0.4 is 9.80 Å². The van der Waals surface area contributed by atoms with Gasteiger partial charge in [0, 0.05) is 102 Å². The van der Waals surface area contributed by atoms with Crippen LogP contribution in [0.25, 0.3) is 0 Å². The SMILES string of the molecule is CC.CC.CC.CC.c1ccc(N2CCN(CCCCOCc3ccon3)CC2)cc1.c1ccc(N2CCN(CCCOCCc3ccon3)CC2)cc1. The van der Waals surface area contributed by atoms with E-state index in [2.05, 4.69) is 90.6 Å². The quantitative estimate of drug-likeness (QED) is 0.103. The summed E-state index contributed by atoms with van der Waals surface area (Å²) in [4.78, 5) is 10.0. The number of benzene rings is 2. The van der Waals surface area contributed by atoms with Crippen LogP contribution >= 0.6 is 0 Å². The summed E-state index contributed by atoms with van der Waals surface area (Å²) in [5.41, 5.74) is 4.50. The van der Waals surface area contributed by atoms with E-state index in [1.54, 1.807) is 12.5 Å². The first-order chi connectivity index (χ1) is 26.8. The molecule has 0 radical (unpaired) electrons. The molecule has 2 aromatic heterocycles. The summed E-state index contributed by atoms with van der Waals surface area (Å²) in [6, 6.07) is 25.1. The number of anilines is 2. The average molecular weight is 751 g/mol. The summed E-state index contributed by atoms with van der Waals surface area (Å²) in [6.07, 6.45) is 7.37. The highest BCUT2D eigenvalue weighted by Gasteiger charge is 2.17. The zero-order chi connectivity index (χ0) is 39.5. The minimum Gasteiger partial charge on any atom is -0.381 e. The molecule has 0 aliphatic carbocycles. The molecule has 4 aromatic rings. The Bertz CT molecular complexity index is 1180. The highest BCUT2D eigenvalue weighted by Crippen LogP contribution is 2.17. The summed E-state index contributed by atoms with van der Waals surface area (Å²) in [7, 11) is 0. The normalized spacial score (nSPS) is 14.0. The van der Waals surface area contributed by atoms with Crippen LogP contribution in [0.3, 0.4) is 0 Å². The van der Waals surface area contributed by atoms with Crippen LogP contribution in [0.2, 0.25) is 0 Å². The lowest BCUT2D eigenvalue weighted by atomic mass is 10.2. The highest BCUT2D eigenvalue weighted by atomic mass is 16.5. The Morgan fingerprint density at radius 1 is 0.481 bits per heavy atom. The number of aromatic nitrogens is 2. The van der Waals surface area contributed by atoms with Crippen molar-refractivity contribution in [1.82, 2.24) is 20.1 Å². The molecular formula is C44H74N6O4. The van der Waals surface area contributed by atoms with E-state index in [9.17, 15) is 0 Å². The molecule has 0 atom stereocenters. The molecule has 2 fully saturated rings. The zero-order valence-corrected chi connectivity index (χ0v) is 35.1. The average Bonchev–Trinajstić information content (AvgIpc) is 4.00. The smallest absolute Gasteiger partial charge is 0.124 e. The largest absolute Gasteiger partial charge is 0.381 e. The van der Waals surface area contributed by atoms with Crippen molar-refractivity contribution in [3.8, 4) is 0 Å². The number of hydrogen-bond donors (Lipinski definition) is 0. The molecule has 0 saturated carbocycles. The molecule has 4 heterocycles. The molecule has 10 heteroatoms. The molecular weight excluding hydrogens is 677 g/mol. The van der Waals surface area contributed by atoms with E-state index in [4.69, 9.17) is 18.5 Å². The molecule has 0 bridgehead atoms. The van der Waals surface area contributed by atoms with Crippen molar-refractivity contribution in [1.29, 1.82) is 0 Å². The van der Waals surface area contributed by atoms with Crippen LogP contribution in [0.5, 0.6) is 0 Å². The number of hydrogen-bond acceptors (Lipinski definition) is 10. The van der Waals surface area contributed by atoms with E-state index in [1.165, 1.54) is 17.8 Å². The minimum absolute atomic E-state index is 0.548. The van der Waals surface area contributed by atoms with E-state index in [1.807, 2.05) is 67.5 Å². The van der Waals surface area contributed by atoms with Gasteiger partial charge in [0.05, 0.1) is 18.9 Å². The molecule has 0 spiro atoms. The molecule has 2 aromatic carbocycles. The van der Waals surface area contributed by atoms with Crippen LogP contribution in [0, 0.1) is 0 Å². The van der Waals surface area contributed by atoms with E-state index < -0.39 is 0 Å². The van der Waals surface area contributed by atoms with E-state index in [0.29, 0.717) is 13.2 Å². The van der Waals surface area contributed by atoms with Gasteiger partial charge >= 0.3 is 0 Å². The maximum absolute atomic E-state index is 5.67. The number of ether oxygens (including phenoxy) is 2. The van der Waals surface area contributed by atoms with Gasteiger partial charge in [-0.3, -0.25) is 9.80 Å². The van der Waals surface area contributed by atoms with Gasteiger partial charge in [0.2, 0.25) is 0 Å². The molecule has 2 aliphatic heterocycles. The molecule has 6 rings (SSSR count). The fourth-order valence-electron chi connectivity index (χ4n) is 5.80. The van der Waals surface area contributed by atoms with E-state index >= 15 is 0 Å². The van der Waals surface area contributed by atoms with Crippen molar-refractivity contribution in [3.05, 3.63) is 96.7 Å². The van der Waals surface area contributed by atoms with Gasteiger partial charge in [-0.2, -0.15) is 0 Å². The Kier molecular flexibility index (Phi) is 30.3. The number of unbranched alkanes of at least 4 members (excludes halogenated alkanes) is 1. The topological polar surface area (TPSA) is 83.5 Å². The van der Waals surface area contributed by atoms with Crippen molar-refractivity contribution in [2.75, 3.05) is 95.1 Å². The Hall–Kier alpha value is -3.70. The third kappa shape index (κ3) is 20.7. The van der Waals surface area contributed by atoms with Crippen molar-refractivity contribution < 1.29 is 18.5 Å². The van der Waals surface area contributed by atoms with Gasteiger partial charge in [0.1, 0.15) is 18.2 Å². The lowest BCUT2D eigenvalue weighted by Gasteiger charge is -2.36. The van der Waals surface area contributed by atoms with Gasteiger partial charge < -0.3 is 28.3 Å². The molecule has 0 amide bonds. The van der Waals surface area contributed by atoms with E-state index in [0.717, 1.165) is 109 Å². The first-order valence-electron chi connectivity index (χ1n) is 20.8. The van der Waals surface area contributed by atoms with Crippen molar-refractivity contribution in [3.63, 3.8) is 0 Å². The number of nitrogens with zero attached hydrogens (tertiary/aromatic N) is 6. The van der Waals surface area contributed by atoms with Gasteiger partial charge in [0.25, 0.3) is 0 Å². The maximum atomic E-state index is 5.67. The van der Waals surface area contributed by atoms with Crippen LogP contribution in [-0.4, -0.2) is 105 Å². The molecule has 2 aliphatic rings. The van der Waals surface area contributed by atoms with Gasteiger partial charge in [-0.05, 0) is 50.1 Å². The Morgan fingerprint density at radius 3 is 1.39 bits per heavy atom. The van der Waals surface area contributed by atoms with Crippen molar-refractivity contribution in [2.45, 2.75) is 87.7 Å². The second-order valence-electron chi connectivity index (χ2n) is 11.8. The third-order valence-electron chi connectivity index (χ3n) is 8.50. The first-order valence-corrected chi connectivity index (χ1v) is 20.8. The molecule has 0 N–H and O–H groups in total. The predicted octanol–water partition coefficient (Wildman–Crippen LogP) is 9.34.